The molecular formula is C15H20N4O3. The Morgan fingerprint density at radius 2 is 2.14 bits per heavy atom. The molecule has 0 radical (unpaired) electrons. The lowest BCUT2D eigenvalue weighted by molar-refractivity contribution is -0.144. The van der Waals surface area contributed by atoms with Crippen molar-refractivity contribution in [1.82, 2.24) is 20.4 Å². The van der Waals surface area contributed by atoms with Gasteiger partial charge in [0.15, 0.2) is 5.69 Å². The summed E-state index contributed by atoms with van der Waals surface area (Å²) in [6.07, 6.45) is 3.18. The van der Waals surface area contributed by atoms with E-state index in [1.165, 1.54) is 6.07 Å². The summed E-state index contributed by atoms with van der Waals surface area (Å²) >= 11 is 0. The minimum Gasteiger partial charge on any atom is -0.350 e. The molecule has 7 nitrogen and oxygen atoms in total. The highest BCUT2D eigenvalue weighted by Gasteiger charge is 2.36. The van der Waals surface area contributed by atoms with E-state index in [0.29, 0.717) is 25.3 Å². The molecule has 1 saturated carbocycles. The van der Waals surface area contributed by atoms with Crippen LogP contribution in [0.4, 0.5) is 0 Å². The molecule has 0 spiro atoms. The van der Waals surface area contributed by atoms with E-state index in [-0.39, 0.29) is 28.9 Å². The van der Waals surface area contributed by atoms with Crippen molar-refractivity contribution >= 4 is 11.8 Å². The van der Waals surface area contributed by atoms with E-state index in [1.807, 2.05) is 4.90 Å². The number of aryl methyl sites for hydroxylation is 1. The normalized spacial score (nSPS) is 18.5. The molecule has 2 aliphatic rings. The van der Waals surface area contributed by atoms with Crippen molar-refractivity contribution in [2.24, 2.45) is 11.8 Å². The number of amides is 2. The molecule has 0 atom stereocenters. The van der Waals surface area contributed by atoms with Crippen molar-refractivity contribution in [3.8, 4) is 0 Å². The van der Waals surface area contributed by atoms with Gasteiger partial charge < -0.3 is 10.2 Å². The highest BCUT2D eigenvalue weighted by atomic mass is 16.2. The SMILES string of the molecule is Cc1cc(=O)c(C(=O)NCC2CN(C(=O)C3CCC3)C2)n[nH]1. The fourth-order valence-corrected chi connectivity index (χ4v) is 2.77. The minimum absolute atomic E-state index is 0.118. The lowest BCUT2D eigenvalue weighted by Gasteiger charge is -2.42. The van der Waals surface area contributed by atoms with Gasteiger partial charge in [0, 0.05) is 43.2 Å². The molecule has 1 aliphatic carbocycles. The van der Waals surface area contributed by atoms with Crippen molar-refractivity contribution < 1.29 is 9.59 Å². The monoisotopic (exact) mass is 304 g/mol. The zero-order valence-corrected chi connectivity index (χ0v) is 12.6. The summed E-state index contributed by atoms with van der Waals surface area (Å²) in [5.41, 5.74) is 0.113. The number of aromatic amines is 1. The number of carbonyl (C=O) groups excluding carboxylic acids is 2. The second-order valence-electron chi connectivity index (χ2n) is 6.21. The number of H-pyrrole nitrogens is 1. The number of nitrogens with one attached hydrogen (secondary N) is 2. The molecule has 22 heavy (non-hydrogen) atoms. The van der Waals surface area contributed by atoms with Crippen LogP contribution in [0.25, 0.3) is 0 Å². The maximum absolute atomic E-state index is 12.0. The average Bonchev–Trinajstić information content (AvgIpc) is 2.34. The van der Waals surface area contributed by atoms with Gasteiger partial charge in [-0.25, -0.2) is 0 Å². The fourth-order valence-electron chi connectivity index (χ4n) is 2.77. The van der Waals surface area contributed by atoms with Crippen molar-refractivity contribution in [2.45, 2.75) is 26.2 Å². The average molecular weight is 304 g/mol. The lowest BCUT2D eigenvalue weighted by Crippen LogP contribution is -2.56. The van der Waals surface area contributed by atoms with E-state index in [9.17, 15) is 14.4 Å². The Morgan fingerprint density at radius 3 is 2.73 bits per heavy atom. The van der Waals surface area contributed by atoms with Gasteiger partial charge in [0.05, 0.1) is 0 Å². The van der Waals surface area contributed by atoms with Gasteiger partial charge in [0.25, 0.3) is 5.91 Å². The Morgan fingerprint density at radius 1 is 1.41 bits per heavy atom. The lowest BCUT2D eigenvalue weighted by atomic mass is 9.83. The number of carbonyl (C=O) groups is 2. The van der Waals surface area contributed by atoms with Gasteiger partial charge in [0.2, 0.25) is 11.3 Å². The molecule has 7 heteroatoms. The molecule has 0 bridgehead atoms. The van der Waals surface area contributed by atoms with Crippen LogP contribution < -0.4 is 10.7 Å². The van der Waals surface area contributed by atoms with Crippen LogP contribution in [0, 0.1) is 18.8 Å². The maximum Gasteiger partial charge on any atom is 0.275 e. The smallest absolute Gasteiger partial charge is 0.275 e. The molecule has 2 fully saturated rings. The van der Waals surface area contributed by atoms with Crippen LogP contribution >= 0.6 is 0 Å². The number of rotatable bonds is 4. The maximum atomic E-state index is 12.0. The Kier molecular flexibility index (Phi) is 3.96. The summed E-state index contributed by atoms with van der Waals surface area (Å²) in [5.74, 6) is 0.277. The van der Waals surface area contributed by atoms with Gasteiger partial charge in [0.1, 0.15) is 0 Å². The first-order valence-electron chi connectivity index (χ1n) is 7.68. The van der Waals surface area contributed by atoms with E-state index in [2.05, 4.69) is 15.5 Å². The first-order chi connectivity index (χ1) is 10.5. The van der Waals surface area contributed by atoms with Crippen LogP contribution in [0.2, 0.25) is 0 Å². The summed E-state index contributed by atoms with van der Waals surface area (Å²) in [6, 6.07) is 1.35. The second-order valence-corrected chi connectivity index (χ2v) is 6.21. The van der Waals surface area contributed by atoms with Gasteiger partial charge in [-0.1, -0.05) is 6.42 Å². The third-order valence-electron chi connectivity index (χ3n) is 4.41. The van der Waals surface area contributed by atoms with Crippen LogP contribution in [0.15, 0.2) is 10.9 Å². The number of nitrogens with zero attached hydrogens (tertiary/aromatic N) is 2. The molecule has 1 aromatic rings. The molecular weight excluding hydrogens is 284 g/mol. The van der Waals surface area contributed by atoms with Crippen LogP contribution in [-0.2, 0) is 4.79 Å². The Bertz CT molecular complexity index is 644. The number of aromatic nitrogens is 2. The Labute approximate surface area is 128 Å². The summed E-state index contributed by atoms with van der Waals surface area (Å²) in [7, 11) is 0. The molecule has 2 N–H and O–H groups in total. The van der Waals surface area contributed by atoms with Gasteiger partial charge in [-0.05, 0) is 19.8 Å². The second kappa shape index (κ2) is 5.90. The molecule has 1 aromatic heterocycles. The van der Waals surface area contributed by atoms with E-state index in [1.54, 1.807) is 6.92 Å². The van der Waals surface area contributed by atoms with Crippen molar-refractivity contribution in [3.63, 3.8) is 0 Å². The molecule has 3 rings (SSSR count). The topological polar surface area (TPSA) is 95.2 Å². The summed E-state index contributed by atoms with van der Waals surface area (Å²) < 4.78 is 0. The Hall–Kier alpha value is -2.18. The predicted molar refractivity (Wildman–Crippen MR) is 79.3 cm³/mol. The van der Waals surface area contributed by atoms with Crippen LogP contribution in [0.1, 0.15) is 35.4 Å². The van der Waals surface area contributed by atoms with Crippen molar-refractivity contribution in [1.29, 1.82) is 0 Å². The molecule has 2 heterocycles. The quantitative estimate of drug-likeness (QED) is 0.822. The first kappa shape index (κ1) is 14.7. The fraction of sp³-hybridized carbons (Fsp3) is 0.600. The highest BCUT2D eigenvalue weighted by molar-refractivity contribution is 5.92. The van der Waals surface area contributed by atoms with Gasteiger partial charge in [-0.2, -0.15) is 5.10 Å². The van der Waals surface area contributed by atoms with E-state index < -0.39 is 5.91 Å². The number of hydrogen-bond acceptors (Lipinski definition) is 4. The highest BCUT2D eigenvalue weighted by Crippen LogP contribution is 2.30. The standard InChI is InChI=1S/C15H20N4O3/c1-9-5-12(20)13(18-17-9)14(21)16-6-10-7-19(8-10)15(22)11-3-2-4-11/h5,10-11H,2-4,6-8H2,1H3,(H,16,21)(H,17,20). The van der Waals surface area contributed by atoms with Gasteiger partial charge >= 0.3 is 0 Å². The summed E-state index contributed by atoms with van der Waals surface area (Å²) in [5, 5.41) is 9.11. The third-order valence-corrected chi connectivity index (χ3v) is 4.41. The van der Waals surface area contributed by atoms with E-state index in [0.717, 1.165) is 19.3 Å². The third kappa shape index (κ3) is 2.88. The molecule has 1 saturated heterocycles. The van der Waals surface area contributed by atoms with Crippen molar-refractivity contribution in [2.75, 3.05) is 19.6 Å². The molecule has 0 unspecified atom stereocenters. The summed E-state index contributed by atoms with van der Waals surface area (Å²) in [4.78, 5) is 37.4. The van der Waals surface area contributed by atoms with Gasteiger partial charge in [-0.3, -0.25) is 19.5 Å². The molecule has 2 amide bonds. The Balaban J connectivity index is 1.45. The largest absolute Gasteiger partial charge is 0.350 e. The number of likely N-dealkylation sites (tertiary alicyclic amines) is 1. The van der Waals surface area contributed by atoms with Crippen LogP contribution in [-0.4, -0.2) is 46.5 Å². The van der Waals surface area contributed by atoms with E-state index in [4.69, 9.17) is 0 Å². The minimum atomic E-state index is -0.468. The first-order valence-corrected chi connectivity index (χ1v) is 7.68. The number of hydrogen-bond donors (Lipinski definition) is 2. The van der Waals surface area contributed by atoms with Gasteiger partial charge in [-0.15, -0.1) is 0 Å². The molecule has 0 aromatic carbocycles. The predicted octanol–water partition coefficient (Wildman–Crippen LogP) is 0.0666. The van der Waals surface area contributed by atoms with Crippen LogP contribution in [0.3, 0.4) is 0 Å². The van der Waals surface area contributed by atoms with Crippen molar-refractivity contribution in [3.05, 3.63) is 27.7 Å². The zero-order chi connectivity index (χ0) is 15.7. The summed E-state index contributed by atoms with van der Waals surface area (Å²) in [6.45, 7) is 3.54. The van der Waals surface area contributed by atoms with Crippen LogP contribution in [0.5, 0.6) is 0 Å². The zero-order valence-electron chi connectivity index (χ0n) is 12.6. The molecule has 118 valence electrons. The molecule has 1 aliphatic heterocycles. The van der Waals surface area contributed by atoms with E-state index >= 15 is 0 Å².